The fourth-order valence-electron chi connectivity index (χ4n) is 5.02. The maximum absolute atomic E-state index is 13.7. The van der Waals surface area contributed by atoms with Gasteiger partial charge in [0, 0.05) is 22.6 Å². The van der Waals surface area contributed by atoms with Gasteiger partial charge in [-0.2, -0.15) is 0 Å². The number of benzene rings is 4. The van der Waals surface area contributed by atoms with Gasteiger partial charge in [-0.3, -0.25) is 4.79 Å². The van der Waals surface area contributed by atoms with Crippen LogP contribution >= 0.6 is 0 Å². The SMILES string of the molecule is C=CC(=O)[C@H]1[C@@H](c2ccccc2)c2ccccc2OC1(c1ccccc1)c1ccccc1. The number of para-hydroxylation sites is 1. The average molecular weight is 417 g/mol. The molecule has 2 heteroatoms. The minimum Gasteiger partial charge on any atom is -0.477 e. The van der Waals surface area contributed by atoms with E-state index < -0.39 is 11.5 Å². The molecule has 0 unspecified atom stereocenters. The van der Waals surface area contributed by atoms with Gasteiger partial charge >= 0.3 is 0 Å². The number of hydrogen-bond acceptors (Lipinski definition) is 2. The minimum atomic E-state index is -0.997. The molecule has 0 spiro atoms. The second-order valence-electron chi connectivity index (χ2n) is 8.08. The van der Waals surface area contributed by atoms with E-state index in [2.05, 4.69) is 24.8 Å². The largest absolute Gasteiger partial charge is 0.477 e. The molecule has 4 aromatic rings. The first kappa shape index (κ1) is 20.0. The van der Waals surface area contributed by atoms with Crippen molar-refractivity contribution in [1.82, 2.24) is 0 Å². The topological polar surface area (TPSA) is 26.3 Å². The summed E-state index contributed by atoms with van der Waals surface area (Å²) in [4.78, 5) is 13.7. The van der Waals surface area contributed by atoms with Crippen LogP contribution in [0, 0.1) is 5.92 Å². The van der Waals surface area contributed by atoms with E-state index in [0.29, 0.717) is 0 Å². The predicted octanol–water partition coefficient (Wildman–Crippen LogP) is 6.53. The maximum atomic E-state index is 13.7. The lowest BCUT2D eigenvalue weighted by Gasteiger charge is -2.48. The zero-order valence-electron chi connectivity index (χ0n) is 17.7. The molecule has 1 heterocycles. The van der Waals surface area contributed by atoms with Gasteiger partial charge in [0.25, 0.3) is 0 Å². The Morgan fingerprint density at radius 2 is 1.22 bits per heavy atom. The van der Waals surface area contributed by atoms with Gasteiger partial charge in [-0.05, 0) is 17.7 Å². The minimum absolute atomic E-state index is 0.0407. The van der Waals surface area contributed by atoms with Gasteiger partial charge in [-0.15, -0.1) is 0 Å². The molecule has 0 fully saturated rings. The molecule has 2 nitrogen and oxygen atoms in total. The summed E-state index contributed by atoms with van der Waals surface area (Å²) in [5.74, 6) is 0.0393. The maximum Gasteiger partial charge on any atom is 0.170 e. The Morgan fingerprint density at radius 1 is 0.719 bits per heavy atom. The molecule has 156 valence electrons. The zero-order valence-corrected chi connectivity index (χ0v) is 17.7. The summed E-state index contributed by atoms with van der Waals surface area (Å²) in [5, 5.41) is 0. The van der Waals surface area contributed by atoms with Crippen LogP contribution in [-0.2, 0) is 10.4 Å². The third kappa shape index (κ3) is 3.16. The Hall–Kier alpha value is -3.91. The van der Waals surface area contributed by atoms with E-state index in [-0.39, 0.29) is 11.7 Å². The summed E-state index contributed by atoms with van der Waals surface area (Å²) >= 11 is 0. The zero-order chi connectivity index (χ0) is 22.0. The van der Waals surface area contributed by atoms with Crippen LogP contribution in [0.5, 0.6) is 5.75 Å². The molecule has 5 rings (SSSR count). The third-order valence-electron chi connectivity index (χ3n) is 6.37. The normalized spacial score (nSPS) is 18.8. The van der Waals surface area contributed by atoms with Gasteiger partial charge in [0.15, 0.2) is 11.4 Å². The first-order chi connectivity index (χ1) is 15.8. The summed E-state index contributed by atoms with van der Waals surface area (Å²) in [6.45, 7) is 3.87. The lowest BCUT2D eigenvalue weighted by atomic mass is 9.63. The van der Waals surface area contributed by atoms with E-state index in [1.165, 1.54) is 6.08 Å². The van der Waals surface area contributed by atoms with Crippen LogP contribution in [0.2, 0.25) is 0 Å². The molecule has 2 atom stereocenters. The van der Waals surface area contributed by atoms with E-state index in [9.17, 15) is 4.79 Å². The fourth-order valence-corrected chi connectivity index (χ4v) is 5.02. The molecule has 0 amide bonds. The number of fused-ring (bicyclic) bond motifs is 1. The van der Waals surface area contributed by atoms with Crippen LogP contribution in [0.3, 0.4) is 0 Å². The van der Waals surface area contributed by atoms with Gasteiger partial charge in [0.05, 0.1) is 5.92 Å². The van der Waals surface area contributed by atoms with Crippen molar-refractivity contribution in [3.8, 4) is 5.75 Å². The monoisotopic (exact) mass is 416 g/mol. The summed E-state index contributed by atoms with van der Waals surface area (Å²) in [6.07, 6.45) is 1.44. The summed E-state index contributed by atoms with van der Waals surface area (Å²) in [6, 6.07) is 38.4. The van der Waals surface area contributed by atoms with Crippen molar-refractivity contribution in [3.05, 3.63) is 150 Å². The Balaban J connectivity index is 1.89. The lowest BCUT2D eigenvalue weighted by Crippen LogP contribution is -2.51. The Morgan fingerprint density at radius 3 is 1.78 bits per heavy atom. The number of allylic oxidation sites excluding steroid dienone is 1. The highest BCUT2D eigenvalue weighted by Gasteiger charge is 2.55. The second kappa shape index (κ2) is 8.32. The molecular formula is C30H24O2. The number of hydrogen-bond donors (Lipinski definition) is 0. The number of carbonyl (C=O) groups excluding carboxylic acids is 1. The molecule has 0 saturated heterocycles. The van der Waals surface area contributed by atoms with Crippen molar-refractivity contribution < 1.29 is 9.53 Å². The molecule has 32 heavy (non-hydrogen) atoms. The van der Waals surface area contributed by atoms with Crippen LogP contribution in [0.15, 0.2) is 128 Å². The van der Waals surface area contributed by atoms with Crippen LogP contribution in [0.4, 0.5) is 0 Å². The highest BCUT2D eigenvalue weighted by atomic mass is 16.5. The van der Waals surface area contributed by atoms with Crippen molar-refractivity contribution in [1.29, 1.82) is 0 Å². The number of rotatable bonds is 5. The summed E-state index contributed by atoms with van der Waals surface area (Å²) in [5.41, 5.74) is 2.99. The Bertz CT molecular complexity index is 1190. The van der Waals surface area contributed by atoms with Gasteiger partial charge in [-0.1, -0.05) is 116 Å². The molecule has 0 N–H and O–H groups in total. The van der Waals surface area contributed by atoms with Crippen molar-refractivity contribution >= 4 is 5.78 Å². The number of ether oxygens (including phenoxy) is 1. The number of carbonyl (C=O) groups is 1. The van der Waals surface area contributed by atoms with Crippen LogP contribution < -0.4 is 4.74 Å². The van der Waals surface area contributed by atoms with Crippen molar-refractivity contribution in [2.24, 2.45) is 5.92 Å². The summed E-state index contributed by atoms with van der Waals surface area (Å²) < 4.78 is 6.91. The van der Waals surface area contributed by atoms with Crippen molar-refractivity contribution in [3.63, 3.8) is 0 Å². The van der Waals surface area contributed by atoms with Gasteiger partial charge in [0.2, 0.25) is 0 Å². The van der Waals surface area contributed by atoms with E-state index >= 15 is 0 Å². The van der Waals surface area contributed by atoms with Crippen LogP contribution in [0.25, 0.3) is 0 Å². The van der Waals surface area contributed by atoms with Gasteiger partial charge < -0.3 is 4.74 Å². The lowest BCUT2D eigenvalue weighted by molar-refractivity contribution is -0.126. The highest BCUT2D eigenvalue weighted by molar-refractivity contribution is 5.94. The molecule has 0 radical (unpaired) electrons. The third-order valence-corrected chi connectivity index (χ3v) is 6.37. The molecule has 1 aliphatic rings. The number of ketones is 1. The van der Waals surface area contributed by atoms with E-state index in [1.807, 2.05) is 97.1 Å². The first-order valence-corrected chi connectivity index (χ1v) is 10.9. The van der Waals surface area contributed by atoms with E-state index in [0.717, 1.165) is 28.0 Å². The molecule has 0 bridgehead atoms. The Labute approximate surface area is 188 Å². The fraction of sp³-hybridized carbons (Fsp3) is 0.100. The standard InChI is InChI=1S/C30H24O2/c1-2-26(31)29-28(22-14-6-3-7-15-22)25-20-12-13-21-27(25)32-30(29,23-16-8-4-9-17-23)24-18-10-5-11-19-24/h2-21,28-29H,1H2/t28-,29-/m0/s1. The van der Waals surface area contributed by atoms with Gasteiger partial charge in [0.1, 0.15) is 5.75 Å². The van der Waals surface area contributed by atoms with Crippen molar-refractivity contribution in [2.45, 2.75) is 11.5 Å². The quantitative estimate of drug-likeness (QED) is 0.346. The molecule has 1 aliphatic heterocycles. The van der Waals surface area contributed by atoms with Gasteiger partial charge in [-0.25, -0.2) is 0 Å². The molecular weight excluding hydrogens is 392 g/mol. The van der Waals surface area contributed by atoms with Crippen LogP contribution in [-0.4, -0.2) is 5.78 Å². The van der Waals surface area contributed by atoms with E-state index in [1.54, 1.807) is 0 Å². The van der Waals surface area contributed by atoms with Crippen LogP contribution in [0.1, 0.15) is 28.2 Å². The first-order valence-electron chi connectivity index (χ1n) is 10.9. The molecule has 4 aromatic carbocycles. The molecule has 0 aliphatic carbocycles. The van der Waals surface area contributed by atoms with Crippen molar-refractivity contribution in [2.75, 3.05) is 0 Å². The molecule has 0 saturated carbocycles. The smallest absolute Gasteiger partial charge is 0.170 e. The highest BCUT2D eigenvalue weighted by Crippen LogP contribution is 2.55. The molecule has 0 aromatic heterocycles. The predicted molar refractivity (Wildman–Crippen MR) is 128 cm³/mol. The average Bonchev–Trinajstić information content (AvgIpc) is 2.88. The summed E-state index contributed by atoms with van der Waals surface area (Å²) in [7, 11) is 0. The van der Waals surface area contributed by atoms with E-state index in [4.69, 9.17) is 4.74 Å². The Kier molecular flexibility index (Phi) is 5.20. The second-order valence-corrected chi connectivity index (χ2v) is 8.08.